The fraction of sp³-hybridized carbons (Fsp3) is 0.667. The third-order valence-electron chi connectivity index (χ3n) is 2.35. The number of methoxy groups -OCH3 is 1. The highest BCUT2D eigenvalue weighted by Gasteiger charge is 2.07. The van der Waals surface area contributed by atoms with Crippen LogP contribution in [0.1, 0.15) is 20.3 Å². The molecule has 2 N–H and O–H groups in total. The predicted octanol–water partition coefficient (Wildman–Crippen LogP) is 2.65. The average Bonchev–Trinajstić information content (AvgIpc) is 2.36. The smallest absolute Gasteiger partial charge is 0.224 e. The van der Waals surface area contributed by atoms with E-state index in [0.717, 1.165) is 19.5 Å². The number of hydrogen-bond acceptors (Lipinski definition) is 5. The summed E-state index contributed by atoms with van der Waals surface area (Å²) >= 11 is 6.04. The Bertz CT molecular complexity index is 362. The lowest BCUT2D eigenvalue weighted by molar-refractivity contribution is 0.164. The predicted molar refractivity (Wildman–Crippen MR) is 75.4 cm³/mol. The van der Waals surface area contributed by atoms with Gasteiger partial charge in [0.05, 0.1) is 12.8 Å². The van der Waals surface area contributed by atoms with Crippen molar-refractivity contribution in [3.63, 3.8) is 0 Å². The van der Waals surface area contributed by atoms with Crippen LogP contribution in [0, 0.1) is 5.92 Å². The Labute approximate surface area is 113 Å². The summed E-state index contributed by atoms with van der Waals surface area (Å²) in [4.78, 5) is 8.46. The van der Waals surface area contributed by atoms with Gasteiger partial charge in [-0.3, -0.25) is 0 Å². The molecule has 0 aromatic carbocycles. The summed E-state index contributed by atoms with van der Waals surface area (Å²) in [6, 6.07) is 0. The largest absolute Gasteiger partial charge is 0.384 e. The highest BCUT2D eigenvalue weighted by atomic mass is 35.5. The standard InChI is InChI=1S/C12H21ClN4O/c1-4-5-14-12-16-7-10(13)11(17-12)15-6-9(2)8-18-3/h7,9H,4-6,8H2,1-3H3,(H2,14,15,16,17). The number of rotatable bonds is 8. The van der Waals surface area contributed by atoms with Crippen LogP contribution in [0.4, 0.5) is 11.8 Å². The molecule has 0 saturated heterocycles. The Morgan fingerprint density at radius 1 is 1.44 bits per heavy atom. The van der Waals surface area contributed by atoms with Crippen molar-refractivity contribution >= 4 is 23.4 Å². The summed E-state index contributed by atoms with van der Waals surface area (Å²) < 4.78 is 5.08. The maximum atomic E-state index is 6.04. The minimum absolute atomic E-state index is 0.396. The van der Waals surface area contributed by atoms with Crippen molar-refractivity contribution < 1.29 is 4.74 Å². The summed E-state index contributed by atoms with van der Waals surface area (Å²) in [6.07, 6.45) is 2.63. The van der Waals surface area contributed by atoms with E-state index in [9.17, 15) is 0 Å². The van der Waals surface area contributed by atoms with Crippen LogP contribution in [0.25, 0.3) is 0 Å². The molecular weight excluding hydrogens is 252 g/mol. The molecule has 0 amide bonds. The molecule has 1 aromatic heterocycles. The first-order chi connectivity index (χ1) is 8.67. The quantitative estimate of drug-likeness (QED) is 0.762. The van der Waals surface area contributed by atoms with Gasteiger partial charge in [-0.05, 0) is 12.3 Å². The molecule has 6 heteroatoms. The van der Waals surface area contributed by atoms with Gasteiger partial charge in [-0.15, -0.1) is 0 Å². The lowest BCUT2D eigenvalue weighted by atomic mass is 10.2. The van der Waals surface area contributed by atoms with Gasteiger partial charge in [0.1, 0.15) is 10.8 Å². The van der Waals surface area contributed by atoms with Crippen molar-refractivity contribution in [2.75, 3.05) is 37.4 Å². The molecule has 0 saturated carbocycles. The van der Waals surface area contributed by atoms with E-state index in [0.29, 0.717) is 29.3 Å². The molecule has 1 heterocycles. The van der Waals surface area contributed by atoms with E-state index in [4.69, 9.17) is 16.3 Å². The van der Waals surface area contributed by atoms with E-state index in [1.54, 1.807) is 13.3 Å². The zero-order chi connectivity index (χ0) is 13.4. The van der Waals surface area contributed by atoms with Gasteiger partial charge < -0.3 is 15.4 Å². The van der Waals surface area contributed by atoms with Gasteiger partial charge in [0.15, 0.2) is 0 Å². The van der Waals surface area contributed by atoms with Crippen LogP contribution in [0.5, 0.6) is 0 Å². The Morgan fingerprint density at radius 2 is 2.22 bits per heavy atom. The molecular formula is C12H21ClN4O. The summed E-state index contributed by atoms with van der Waals surface area (Å²) in [7, 11) is 1.70. The molecule has 0 bridgehead atoms. The molecule has 0 aliphatic rings. The van der Waals surface area contributed by atoms with Crippen LogP contribution in [0.15, 0.2) is 6.20 Å². The van der Waals surface area contributed by atoms with Gasteiger partial charge in [-0.1, -0.05) is 25.4 Å². The molecule has 1 rings (SSSR count). The van der Waals surface area contributed by atoms with E-state index < -0.39 is 0 Å². The summed E-state index contributed by atoms with van der Waals surface area (Å²) in [5, 5.41) is 6.87. The number of nitrogens with one attached hydrogen (secondary N) is 2. The van der Waals surface area contributed by atoms with Gasteiger partial charge in [-0.25, -0.2) is 4.98 Å². The topological polar surface area (TPSA) is 59.1 Å². The zero-order valence-electron chi connectivity index (χ0n) is 11.2. The maximum Gasteiger partial charge on any atom is 0.224 e. The summed E-state index contributed by atoms with van der Waals surface area (Å²) in [5.41, 5.74) is 0. The normalized spacial score (nSPS) is 12.2. The maximum absolute atomic E-state index is 6.04. The van der Waals surface area contributed by atoms with Crippen molar-refractivity contribution in [3.8, 4) is 0 Å². The molecule has 18 heavy (non-hydrogen) atoms. The van der Waals surface area contributed by atoms with Crippen LogP contribution in [-0.2, 0) is 4.74 Å². The van der Waals surface area contributed by atoms with E-state index in [1.807, 2.05) is 0 Å². The first-order valence-electron chi connectivity index (χ1n) is 6.16. The first kappa shape index (κ1) is 15.0. The van der Waals surface area contributed by atoms with Gasteiger partial charge in [-0.2, -0.15) is 4.98 Å². The second-order valence-corrected chi connectivity index (χ2v) is 4.67. The number of anilines is 2. The highest BCUT2D eigenvalue weighted by Crippen LogP contribution is 2.19. The van der Waals surface area contributed by atoms with Gasteiger partial charge >= 0.3 is 0 Å². The first-order valence-corrected chi connectivity index (χ1v) is 6.54. The SMILES string of the molecule is CCCNc1ncc(Cl)c(NCC(C)COC)n1. The molecule has 1 aromatic rings. The average molecular weight is 273 g/mol. The Morgan fingerprint density at radius 3 is 2.89 bits per heavy atom. The number of halogens is 1. The fourth-order valence-electron chi connectivity index (χ4n) is 1.43. The third kappa shape index (κ3) is 5.06. The van der Waals surface area contributed by atoms with Gasteiger partial charge in [0.25, 0.3) is 0 Å². The lowest BCUT2D eigenvalue weighted by Gasteiger charge is -2.13. The number of aromatic nitrogens is 2. The molecule has 0 radical (unpaired) electrons. The third-order valence-corrected chi connectivity index (χ3v) is 2.62. The number of ether oxygens (including phenoxy) is 1. The molecule has 102 valence electrons. The molecule has 5 nitrogen and oxygen atoms in total. The van der Waals surface area contributed by atoms with Crippen molar-refractivity contribution in [3.05, 3.63) is 11.2 Å². The fourth-order valence-corrected chi connectivity index (χ4v) is 1.59. The van der Waals surface area contributed by atoms with Crippen LogP contribution in [0.3, 0.4) is 0 Å². The van der Waals surface area contributed by atoms with Crippen LogP contribution in [0.2, 0.25) is 5.02 Å². The molecule has 1 atom stereocenters. The Kier molecular flexibility index (Phi) is 6.75. The zero-order valence-corrected chi connectivity index (χ0v) is 11.9. The van der Waals surface area contributed by atoms with Crippen molar-refractivity contribution in [1.82, 2.24) is 9.97 Å². The Hall–Kier alpha value is -1.07. The van der Waals surface area contributed by atoms with Crippen molar-refractivity contribution in [1.29, 1.82) is 0 Å². The second kappa shape index (κ2) is 8.11. The lowest BCUT2D eigenvalue weighted by Crippen LogP contribution is -2.17. The van der Waals surface area contributed by atoms with Crippen molar-refractivity contribution in [2.24, 2.45) is 5.92 Å². The summed E-state index contributed by atoms with van der Waals surface area (Å²) in [6.45, 7) is 6.51. The molecule has 0 aliphatic heterocycles. The summed E-state index contributed by atoms with van der Waals surface area (Å²) in [5.74, 6) is 1.66. The van der Waals surface area contributed by atoms with E-state index >= 15 is 0 Å². The molecule has 0 aliphatic carbocycles. The van der Waals surface area contributed by atoms with Crippen LogP contribution >= 0.6 is 11.6 Å². The van der Waals surface area contributed by atoms with Crippen LogP contribution in [-0.4, -0.2) is 36.8 Å². The highest BCUT2D eigenvalue weighted by molar-refractivity contribution is 6.32. The minimum Gasteiger partial charge on any atom is -0.384 e. The van der Waals surface area contributed by atoms with Crippen LogP contribution < -0.4 is 10.6 Å². The van der Waals surface area contributed by atoms with Crippen molar-refractivity contribution in [2.45, 2.75) is 20.3 Å². The number of nitrogens with zero attached hydrogens (tertiary/aromatic N) is 2. The van der Waals surface area contributed by atoms with Gasteiger partial charge in [0, 0.05) is 20.2 Å². The van der Waals surface area contributed by atoms with Gasteiger partial charge in [0.2, 0.25) is 5.95 Å². The second-order valence-electron chi connectivity index (χ2n) is 4.26. The van der Waals surface area contributed by atoms with E-state index in [-0.39, 0.29) is 0 Å². The molecule has 0 spiro atoms. The minimum atomic E-state index is 0.396. The molecule has 1 unspecified atom stereocenters. The number of hydrogen-bond donors (Lipinski definition) is 2. The van der Waals surface area contributed by atoms with E-state index in [2.05, 4.69) is 34.4 Å². The van der Waals surface area contributed by atoms with E-state index in [1.165, 1.54) is 0 Å². The molecule has 0 fully saturated rings. The monoisotopic (exact) mass is 272 g/mol. The Balaban J connectivity index is 2.57.